The summed E-state index contributed by atoms with van der Waals surface area (Å²) in [7, 11) is 0. The molecule has 34 heavy (non-hydrogen) atoms. The van der Waals surface area contributed by atoms with Gasteiger partial charge in [0.25, 0.3) is 5.56 Å². The number of aromatic amines is 1. The number of carbonyl (C=O) groups is 1. The summed E-state index contributed by atoms with van der Waals surface area (Å²) >= 11 is 0. The van der Waals surface area contributed by atoms with Gasteiger partial charge in [-0.1, -0.05) is 69.3 Å². The van der Waals surface area contributed by atoms with Crippen molar-refractivity contribution in [3.63, 3.8) is 0 Å². The van der Waals surface area contributed by atoms with Gasteiger partial charge in [-0.25, -0.2) is 10.2 Å². The van der Waals surface area contributed by atoms with Crippen molar-refractivity contribution in [2.45, 2.75) is 33.1 Å². The molecule has 0 saturated heterocycles. The second-order valence-corrected chi connectivity index (χ2v) is 8.87. The molecule has 0 amide bonds. The van der Waals surface area contributed by atoms with E-state index in [9.17, 15) is 9.59 Å². The van der Waals surface area contributed by atoms with Crippen molar-refractivity contribution in [1.29, 1.82) is 0 Å². The molecule has 8 nitrogen and oxygen atoms in total. The van der Waals surface area contributed by atoms with Gasteiger partial charge in [0, 0.05) is 11.0 Å². The average molecular weight is 456 g/mol. The van der Waals surface area contributed by atoms with Gasteiger partial charge in [-0.15, -0.1) is 10.2 Å². The summed E-state index contributed by atoms with van der Waals surface area (Å²) in [6.45, 7) is 7.52. The lowest BCUT2D eigenvalue weighted by Gasteiger charge is -2.15. The number of nitrogens with one attached hydrogen (secondary N) is 2. The number of hydrogen-bond acceptors (Lipinski definition) is 7. The Balaban J connectivity index is 1.65. The monoisotopic (exact) mass is 455 g/mol. The van der Waals surface area contributed by atoms with E-state index in [0.717, 1.165) is 16.3 Å². The molecule has 1 aromatic heterocycles. The predicted molar refractivity (Wildman–Crippen MR) is 133 cm³/mol. The van der Waals surface area contributed by atoms with Gasteiger partial charge in [-0.3, -0.25) is 9.78 Å². The number of carbonyl (C=O) groups excluding carboxylic acids is 1. The summed E-state index contributed by atoms with van der Waals surface area (Å²) in [4.78, 5) is 27.8. The maximum atomic E-state index is 12.8. The first-order chi connectivity index (χ1) is 16.2. The molecule has 2 N–H and O–H groups in total. The number of esters is 1. The molecule has 0 aliphatic carbocycles. The Bertz CT molecular complexity index is 1450. The molecule has 0 atom stereocenters. The smallest absolute Gasteiger partial charge is 0.343 e. The standard InChI is InChI=1S/C26H25N5O3/c1-16-9-5-7-11-18(16)24(33)34-21-14-13-17-10-6-8-12-19(17)20(21)15-27-30-25-28-23(32)22(29-31-25)26(2,3)4/h5-15H,1-4H3,(H2,28,30,31,32)/b27-15-. The van der Waals surface area contributed by atoms with Crippen molar-refractivity contribution in [2.24, 2.45) is 5.10 Å². The van der Waals surface area contributed by atoms with Crippen LogP contribution in [-0.2, 0) is 5.41 Å². The number of H-pyrrole nitrogens is 1. The zero-order chi connectivity index (χ0) is 24.3. The normalized spacial score (nSPS) is 11.6. The third-order valence-electron chi connectivity index (χ3n) is 5.27. The lowest BCUT2D eigenvalue weighted by molar-refractivity contribution is 0.0734. The van der Waals surface area contributed by atoms with E-state index in [4.69, 9.17) is 4.74 Å². The fourth-order valence-electron chi connectivity index (χ4n) is 3.49. The highest BCUT2D eigenvalue weighted by molar-refractivity contribution is 6.04. The van der Waals surface area contributed by atoms with E-state index in [2.05, 4.69) is 25.7 Å². The summed E-state index contributed by atoms with van der Waals surface area (Å²) in [5, 5.41) is 14.1. The van der Waals surface area contributed by atoms with Crippen LogP contribution in [-0.4, -0.2) is 27.4 Å². The molecule has 0 spiro atoms. The highest BCUT2D eigenvalue weighted by Crippen LogP contribution is 2.28. The number of rotatable bonds is 5. The second kappa shape index (κ2) is 9.27. The quantitative estimate of drug-likeness (QED) is 0.197. The van der Waals surface area contributed by atoms with E-state index >= 15 is 0 Å². The van der Waals surface area contributed by atoms with Crippen molar-refractivity contribution >= 4 is 28.9 Å². The minimum atomic E-state index is -0.455. The summed E-state index contributed by atoms with van der Waals surface area (Å²) in [5.74, 6) is 0.0112. The topological polar surface area (TPSA) is 109 Å². The Labute approximate surface area is 196 Å². The van der Waals surface area contributed by atoms with Crippen molar-refractivity contribution in [1.82, 2.24) is 15.2 Å². The molecule has 3 aromatic carbocycles. The molecule has 0 unspecified atom stereocenters. The van der Waals surface area contributed by atoms with Gasteiger partial charge in [0.05, 0.1) is 11.8 Å². The number of anilines is 1. The lowest BCUT2D eigenvalue weighted by atomic mass is 9.93. The number of fused-ring (bicyclic) bond motifs is 1. The van der Waals surface area contributed by atoms with Gasteiger partial charge in [-0.2, -0.15) is 5.10 Å². The fraction of sp³-hybridized carbons (Fsp3) is 0.192. The molecular formula is C26H25N5O3. The first-order valence-corrected chi connectivity index (χ1v) is 10.8. The molecule has 0 saturated carbocycles. The first kappa shape index (κ1) is 22.8. The first-order valence-electron chi connectivity index (χ1n) is 10.8. The van der Waals surface area contributed by atoms with Crippen molar-refractivity contribution in [3.8, 4) is 5.75 Å². The van der Waals surface area contributed by atoms with Crippen LogP contribution in [0.3, 0.4) is 0 Å². The maximum absolute atomic E-state index is 12.8. The molecule has 0 radical (unpaired) electrons. The summed E-state index contributed by atoms with van der Waals surface area (Å²) in [6, 6.07) is 18.6. The van der Waals surface area contributed by atoms with Crippen molar-refractivity contribution < 1.29 is 9.53 Å². The Morgan fingerprint density at radius 3 is 2.50 bits per heavy atom. The predicted octanol–water partition coefficient (Wildman–Crippen LogP) is 4.59. The summed E-state index contributed by atoms with van der Waals surface area (Å²) in [5.41, 5.74) is 4.19. The highest BCUT2D eigenvalue weighted by Gasteiger charge is 2.20. The number of hydrogen-bond donors (Lipinski definition) is 2. The van der Waals surface area contributed by atoms with Crippen LogP contribution in [0.15, 0.2) is 70.6 Å². The minimum Gasteiger partial charge on any atom is -0.422 e. The van der Waals surface area contributed by atoms with Gasteiger partial charge in [-0.05, 0) is 35.4 Å². The van der Waals surface area contributed by atoms with E-state index < -0.39 is 11.4 Å². The van der Waals surface area contributed by atoms with Crippen LogP contribution in [0.25, 0.3) is 10.8 Å². The van der Waals surface area contributed by atoms with Gasteiger partial charge in [0.15, 0.2) is 0 Å². The number of ether oxygens (including phenoxy) is 1. The van der Waals surface area contributed by atoms with E-state index in [1.807, 2.05) is 70.2 Å². The zero-order valence-electron chi connectivity index (χ0n) is 19.4. The molecule has 0 aliphatic heterocycles. The van der Waals surface area contributed by atoms with Crippen molar-refractivity contribution in [2.75, 3.05) is 5.43 Å². The fourth-order valence-corrected chi connectivity index (χ4v) is 3.49. The number of nitrogens with zero attached hydrogens (tertiary/aromatic N) is 3. The Morgan fingerprint density at radius 2 is 1.76 bits per heavy atom. The molecular weight excluding hydrogens is 430 g/mol. The largest absolute Gasteiger partial charge is 0.422 e. The lowest BCUT2D eigenvalue weighted by Crippen LogP contribution is -2.28. The summed E-state index contributed by atoms with van der Waals surface area (Å²) < 4.78 is 5.75. The van der Waals surface area contributed by atoms with Gasteiger partial charge in [0.1, 0.15) is 11.4 Å². The molecule has 4 aromatic rings. The van der Waals surface area contributed by atoms with Crippen LogP contribution in [0.1, 0.15) is 48.0 Å². The Kier molecular flexibility index (Phi) is 6.23. The van der Waals surface area contributed by atoms with E-state index in [1.165, 1.54) is 6.21 Å². The highest BCUT2D eigenvalue weighted by atomic mass is 16.5. The van der Waals surface area contributed by atoms with E-state index in [1.54, 1.807) is 18.2 Å². The molecule has 8 heteroatoms. The van der Waals surface area contributed by atoms with Crippen molar-refractivity contribution in [3.05, 3.63) is 93.4 Å². The zero-order valence-corrected chi connectivity index (χ0v) is 19.4. The Morgan fingerprint density at radius 1 is 1.03 bits per heavy atom. The maximum Gasteiger partial charge on any atom is 0.343 e. The number of aromatic nitrogens is 3. The number of hydrazone groups is 1. The molecule has 0 aliphatic rings. The van der Waals surface area contributed by atoms with Gasteiger partial charge in [0.2, 0.25) is 5.95 Å². The van der Waals surface area contributed by atoms with Crippen LogP contribution >= 0.6 is 0 Å². The molecule has 0 bridgehead atoms. The van der Waals surface area contributed by atoms with E-state index in [-0.39, 0.29) is 11.5 Å². The minimum absolute atomic E-state index is 0.105. The third kappa shape index (κ3) is 4.85. The van der Waals surface area contributed by atoms with Gasteiger partial charge >= 0.3 is 5.97 Å². The van der Waals surface area contributed by atoms with Crippen LogP contribution in [0.2, 0.25) is 0 Å². The number of benzene rings is 3. The number of aryl methyl sites for hydroxylation is 1. The van der Waals surface area contributed by atoms with Crippen LogP contribution < -0.4 is 15.7 Å². The molecule has 1 heterocycles. The van der Waals surface area contributed by atoms with Crippen LogP contribution in [0.5, 0.6) is 5.75 Å². The second-order valence-electron chi connectivity index (χ2n) is 8.87. The molecule has 0 fully saturated rings. The van der Waals surface area contributed by atoms with Crippen LogP contribution in [0.4, 0.5) is 5.95 Å². The molecule has 172 valence electrons. The van der Waals surface area contributed by atoms with E-state index in [0.29, 0.717) is 22.6 Å². The summed E-state index contributed by atoms with van der Waals surface area (Å²) in [6.07, 6.45) is 1.53. The van der Waals surface area contributed by atoms with Gasteiger partial charge < -0.3 is 4.74 Å². The van der Waals surface area contributed by atoms with Crippen LogP contribution in [0, 0.1) is 6.92 Å². The third-order valence-corrected chi connectivity index (χ3v) is 5.27. The Hall–Kier alpha value is -4.33. The molecule has 4 rings (SSSR count). The average Bonchev–Trinajstić information content (AvgIpc) is 2.79. The SMILES string of the molecule is Cc1ccccc1C(=O)Oc1ccc2ccccc2c1/C=N\Nc1nnc(C(C)(C)C)c(=O)[nH]1.